The maximum atomic E-state index is 3.42. The lowest BCUT2D eigenvalue weighted by Crippen LogP contribution is -2.26. The molecule has 0 saturated heterocycles. The van der Waals surface area contributed by atoms with E-state index in [1.165, 1.54) is 140 Å². The van der Waals surface area contributed by atoms with E-state index in [4.69, 9.17) is 0 Å². The van der Waals surface area contributed by atoms with E-state index >= 15 is 0 Å². The predicted molar refractivity (Wildman–Crippen MR) is 531 cm³/mol. The number of aromatic nitrogens is 7. The topological polar surface area (TPSA) is 133 Å². The molecule has 7 heterocycles. The number of para-hydroxylation sites is 2. The van der Waals surface area contributed by atoms with Crippen molar-refractivity contribution in [2.45, 2.75) is 96.8 Å². The lowest BCUT2D eigenvalue weighted by Gasteiger charge is -2.19. The van der Waals surface area contributed by atoms with E-state index in [1.54, 1.807) is 0 Å². The summed E-state index contributed by atoms with van der Waals surface area (Å²) in [5.74, 6) is 0. The second-order valence-corrected chi connectivity index (χ2v) is 38.4. The van der Waals surface area contributed by atoms with E-state index in [0.717, 1.165) is 64.6 Å². The summed E-state index contributed by atoms with van der Waals surface area (Å²) in [6.07, 6.45) is 20.5. The van der Waals surface area contributed by atoms with Crippen molar-refractivity contribution in [3.05, 3.63) is 235 Å². The van der Waals surface area contributed by atoms with E-state index in [0.29, 0.717) is 24.2 Å². The van der Waals surface area contributed by atoms with E-state index in [9.17, 15) is 0 Å². The molecule has 109 heavy (non-hydrogen) atoms. The summed E-state index contributed by atoms with van der Waals surface area (Å²) in [6, 6.07) is 49.7. The number of nitrogens with zero attached hydrogens (tertiary/aromatic N) is 7. The van der Waals surface area contributed by atoms with Crippen LogP contribution in [0.15, 0.2) is 171 Å². The van der Waals surface area contributed by atoms with Gasteiger partial charge in [0.25, 0.3) is 0 Å². The third-order valence-corrected chi connectivity index (χ3v) is 25.9. The van der Waals surface area contributed by atoms with Crippen LogP contribution in [0.4, 0.5) is 0 Å². The summed E-state index contributed by atoms with van der Waals surface area (Å²) in [5.41, 5.74) is 18.7. The van der Waals surface area contributed by atoms with E-state index in [-0.39, 0.29) is 0 Å². The fourth-order valence-electron chi connectivity index (χ4n) is 12.6. The Morgan fingerprint density at radius 2 is 0.661 bits per heavy atom. The van der Waals surface area contributed by atoms with Gasteiger partial charge in [-0.05, 0) is 453 Å². The molecule has 0 bridgehead atoms. The summed E-state index contributed by atoms with van der Waals surface area (Å²) < 4.78 is 9.10. The summed E-state index contributed by atoms with van der Waals surface area (Å²) in [5, 5.41) is 9.58. The Kier molecular flexibility index (Phi) is 36.9. The molecule has 7 N–H and O–H groups in total. The van der Waals surface area contributed by atoms with Crippen LogP contribution in [0.25, 0.3) is 76.3 Å². The molecule has 14 rings (SSSR count). The number of halogens is 7. The fraction of sp³-hybridized carbons (Fsp3) is 0.364. The molecular formula is C88H113I7N14. The standard InChI is InChI=1S/4C13H17IN2.3C12H15IN2/c1-9(16(2)3)6-10-8-15-13-5-4-11(14)7-12(10)13;1-9(16(2)3)6-10-8-15-13-7-11(14)4-5-12(10)13;1-9(16(2)3)7-10-8-15-12-6-4-5-11(14)13(10)12;1-9(16(2)3)7-10-8-15-13-11(10)5-4-6-12(13)14;1-15(2)6-5-9-8-14-12-4-3-10(13)7-11(9)12;1-15(2)7-6-9-8-14-11-5-3-4-10(13)12(9)11;1-15(2)8-7-10-9-5-3-4-6-11(9)14-12(10)13/h2*4-5,7-9,15H,6H2,1-3H3;2*4-6,8-9,15H,7H2,1-3H3;3-4,7-8,14H,5-6H2,1-2H3;3-5,8,14H,6-7H2,1-2H3;3-6,14H,7-8H2,1-2H3/t4*9-;;;/m1111.../s1. The Morgan fingerprint density at radius 3 is 1.19 bits per heavy atom. The Hall–Kier alpha value is -3.85. The van der Waals surface area contributed by atoms with Crippen LogP contribution in [0.2, 0.25) is 0 Å². The molecule has 0 aliphatic rings. The van der Waals surface area contributed by atoms with Gasteiger partial charge in [0.05, 0.1) is 9.22 Å². The molecule has 0 unspecified atom stereocenters. The molecule has 14 nitrogen and oxygen atoms in total. The zero-order valence-electron chi connectivity index (χ0n) is 66.8. The van der Waals surface area contributed by atoms with Crippen molar-refractivity contribution in [1.82, 2.24) is 69.2 Å². The van der Waals surface area contributed by atoms with Crippen LogP contribution in [0.3, 0.4) is 0 Å². The minimum absolute atomic E-state index is 0.565. The fourth-order valence-corrected chi connectivity index (χ4v) is 17.2. The lowest BCUT2D eigenvalue weighted by molar-refractivity contribution is 0.313. The third kappa shape index (κ3) is 26.9. The van der Waals surface area contributed by atoms with Crippen molar-refractivity contribution in [2.75, 3.05) is 118 Å². The van der Waals surface area contributed by atoms with Crippen LogP contribution in [0, 0.1) is 25.1 Å². The highest BCUT2D eigenvalue weighted by Gasteiger charge is 2.17. The second-order valence-electron chi connectivity index (χ2n) is 30.1. The first-order chi connectivity index (χ1) is 51.9. The molecule has 0 radical (unpaired) electrons. The zero-order valence-corrected chi connectivity index (χ0v) is 81.9. The molecule has 4 atom stereocenters. The number of fused-ring (bicyclic) bond motifs is 7. The summed E-state index contributed by atoms with van der Waals surface area (Å²) in [7, 11) is 29.7. The van der Waals surface area contributed by atoms with Gasteiger partial charge in [0.1, 0.15) is 0 Å². The van der Waals surface area contributed by atoms with Crippen LogP contribution in [-0.4, -0.2) is 212 Å². The van der Waals surface area contributed by atoms with Gasteiger partial charge in [-0.3, -0.25) is 0 Å². The van der Waals surface area contributed by atoms with Crippen LogP contribution in [-0.2, 0) is 44.9 Å². The number of hydrogen-bond donors (Lipinski definition) is 7. The first-order valence-electron chi connectivity index (χ1n) is 37.2. The Morgan fingerprint density at radius 1 is 0.294 bits per heavy atom. The molecule has 0 aliphatic carbocycles. The highest BCUT2D eigenvalue weighted by molar-refractivity contribution is 14.1. The summed E-state index contributed by atoms with van der Waals surface area (Å²) in [4.78, 5) is 39.2. The maximum Gasteiger partial charge on any atom is 0.0815 e. The number of rotatable bonds is 21. The number of likely N-dealkylation sites (N-methyl/N-ethyl adjacent to an activating group) is 7. The highest BCUT2D eigenvalue weighted by atomic mass is 127. The highest BCUT2D eigenvalue weighted by Crippen LogP contribution is 2.31. The molecule has 7 aromatic carbocycles. The number of hydrogen-bond acceptors (Lipinski definition) is 7. The normalized spacial score (nSPS) is 12.7. The van der Waals surface area contributed by atoms with Gasteiger partial charge < -0.3 is 69.2 Å². The van der Waals surface area contributed by atoms with Crippen LogP contribution >= 0.6 is 158 Å². The van der Waals surface area contributed by atoms with Gasteiger partial charge in [0.15, 0.2) is 0 Å². The van der Waals surface area contributed by atoms with Crippen molar-refractivity contribution in [3.63, 3.8) is 0 Å². The molecule has 0 saturated carbocycles. The van der Waals surface area contributed by atoms with Gasteiger partial charge in [-0.15, -0.1) is 0 Å². The molecule has 0 spiro atoms. The average molecular weight is 2260 g/mol. The van der Waals surface area contributed by atoms with Crippen LogP contribution < -0.4 is 0 Å². The molecule has 7 aromatic heterocycles. The van der Waals surface area contributed by atoms with Gasteiger partial charge in [0, 0.05) is 173 Å². The van der Waals surface area contributed by atoms with E-state index in [1.807, 2.05) is 0 Å². The molecule has 0 aliphatic heterocycles. The van der Waals surface area contributed by atoms with Crippen molar-refractivity contribution in [2.24, 2.45) is 0 Å². The van der Waals surface area contributed by atoms with Crippen LogP contribution in [0.1, 0.15) is 66.6 Å². The quantitative estimate of drug-likeness (QED) is 0.0356. The van der Waals surface area contributed by atoms with Gasteiger partial charge in [-0.2, -0.15) is 0 Å². The Balaban J connectivity index is 0.000000160. The smallest absolute Gasteiger partial charge is 0.0815 e. The number of aromatic amines is 7. The third-order valence-electron chi connectivity index (χ3n) is 20.2. The second kappa shape index (κ2) is 44.3. The van der Waals surface area contributed by atoms with Gasteiger partial charge in [-0.1, -0.05) is 48.5 Å². The van der Waals surface area contributed by atoms with E-state index in [2.05, 4.69) is 524 Å². The Bertz CT molecular complexity index is 5080. The summed E-state index contributed by atoms with van der Waals surface area (Å²) in [6.45, 7) is 12.3. The van der Waals surface area contributed by atoms with Gasteiger partial charge in [0.2, 0.25) is 0 Å². The minimum atomic E-state index is 0.565. The molecule has 14 aromatic rings. The lowest BCUT2D eigenvalue weighted by atomic mass is 10.1. The predicted octanol–water partition coefficient (Wildman–Crippen LogP) is 21.7. The van der Waals surface area contributed by atoms with Crippen molar-refractivity contribution < 1.29 is 0 Å². The molecule has 21 heteroatoms. The Labute approximate surface area is 744 Å². The molecule has 0 fully saturated rings. The van der Waals surface area contributed by atoms with Gasteiger partial charge in [-0.25, -0.2) is 0 Å². The zero-order chi connectivity index (χ0) is 79.3. The van der Waals surface area contributed by atoms with Crippen LogP contribution in [0.5, 0.6) is 0 Å². The summed E-state index contributed by atoms with van der Waals surface area (Å²) >= 11 is 16.6. The SMILES string of the molecule is CN(C)CCc1c(I)[nH]c2ccccc12.CN(C)CCc1c[nH]c2ccc(I)cc12.CN(C)CCc1c[nH]c2cccc(I)c12.C[C@H](Cc1c[nH]c2c(I)cccc12)N(C)C.C[C@H](Cc1c[nH]c2cc(I)ccc12)N(C)C.C[C@H](Cc1c[nH]c2ccc(I)cc12)N(C)C.C[C@H](Cc1c[nH]c2cccc(I)c12)N(C)C. The monoisotopic (exact) mass is 2250 g/mol. The number of nitrogens with one attached hydrogen (secondary N) is 7. The largest absolute Gasteiger partial charge is 0.361 e. The van der Waals surface area contributed by atoms with Crippen molar-refractivity contribution in [3.8, 4) is 0 Å². The average Bonchev–Trinajstić information content (AvgIpc) is 1.74. The molecule has 584 valence electrons. The maximum absolute atomic E-state index is 3.42. The number of benzene rings is 7. The molecular weight excluding hydrogens is 2140 g/mol. The number of H-pyrrole nitrogens is 7. The van der Waals surface area contributed by atoms with Crippen molar-refractivity contribution >= 4 is 234 Å². The first-order valence-corrected chi connectivity index (χ1v) is 44.8. The van der Waals surface area contributed by atoms with Crippen molar-refractivity contribution in [1.29, 1.82) is 0 Å². The van der Waals surface area contributed by atoms with Gasteiger partial charge >= 0.3 is 0 Å². The minimum Gasteiger partial charge on any atom is -0.361 e. The van der Waals surface area contributed by atoms with E-state index < -0.39 is 0 Å². The first kappa shape index (κ1) is 90.7. The molecule has 0 amide bonds.